The standard InChI is InChI=1S/C14H15NO6/c16-6-14-10(18)5-8(11(19)12(14)21-14)15-13(20)7-3-1-2-4-9(7)17/h1-5,10-12,16-19H,6H2,(H,15,20)/t10-,11+,12-,14+/m1/s1. The van der Waals surface area contributed by atoms with E-state index in [4.69, 9.17) is 4.74 Å². The molecule has 3 rings (SSSR count). The zero-order valence-corrected chi connectivity index (χ0v) is 10.9. The summed E-state index contributed by atoms with van der Waals surface area (Å²) in [6.45, 7) is -0.424. The Kier molecular flexibility index (Phi) is 3.22. The zero-order valence-electron chi connectivity index (χ0n) is 10.9. The van der Waals surface area contributed by atoms with Gasteiger partial charge in [-0.3, -0.25) is 4.79 Å². The number of ether oxygens (including phenoxy) is 1. The number of nitrogens with one attached hydrogen (secondary N) is 1. The van der Waals surface area contributed by atoms with Crippen LogP contribution < -0.4 is 5.32 Å². The molecule has 0 bridgehead atoms. The van der Waals surface area contributed by atoms with Gasteiger partial charge in [-0.2, -0.15) is 0 Å². The van der Waals surface area contributed by atoms with Gasteiger partial charge in [0, 0.05) is 5.70 Å². The van der Waals surface area contributed by atoms with Crippen LogP contribution in [0.4, 0.5) is 0 Å². The van der Waals surface area contributed by atoms with Crippen molar-refractivity contribution in [3.63, 3.8) is 0 Å². The maximum Gasteiger partial charge on any atom is 0.259 e. The highest BCUT2D eigenvalue weighted by molar-refractivity contribution is 5.97. The fraction of sp³-hybridized carbons (Fsp3) is 0.357. The van der Waals surface area contributed by atoms with Crippen LogP contribution in [0.2, 0.25) is 0 Å². The number of aliphatic hydroxyl groups is 3. The van der Waals surface area contributed by atoms with Crippen LogP contribution in [-0.2, 0) is 4.74 Å². The van der Waals surface area contributed by atoms with Gasteiger partial charge in [-0.25, -0.2) is 0 Å². The summed E-state index contributed by atoms with van der Waals surface area (Å²) in [6, 6.07) is 5.98. The average Bonchev–Trinajstić information content (AvgIpc) is 3.22. The molecular weight excluding hydrogens is 278 g/mol. The second kappa shape index (κ2) is 4.81. The van der Waals surface area contributed by atoms with Gasteiger partial charge < -0.3 is 30.5 Å². The van der Waals surface area contributed by atoms with Gasteiger partial charge in [0.15, 0.2) is 5.60 Å². The molecule has 0 radical (unpaired) electrons. The summed E-state index contributed by atoms with van der Waals surface area (Å²) < 4.78 is 5.18. The monoisotopic (exact) mass is 293 g/mol. The number of epoxide rings is 1. The van der Waals surface area contributed by atoms with Crippen molar-refractivity contribution in [2.24, 2.45) is 0 Å². The fourth-order valence-corrected chi connectivity index (χ4v) is 2.55. The Balaban J connectivity index is 1.80. The molecule has 1 heterocycles. The van der Waals surface area contributed by atoms with Crippen LogP contribution >= 0.6 is 0 Å². The van der Waals surface area contributed by atoms with E-state index in [0.29, 0.717) is 0 Å². The number of benzene rings is 1. The lowest BCUT2D eigenvalue weighted by molar-refractivity contribution is 0.0617. The van der Waals surface area contributed by atoms with E-state index in [1.54, 1.807) is 12.1 Å². The van der Waals surface area contributed by atoms with E-state index < -0.39 is 36.4 Å². The van der Waals surface area contributed by atoms with Crippen molar-refractivity contribution < 1.29 is 30.0 Å². The van der Waals surface area contributed by atoms with Crippen LogP contribution in [0.25, 0.3) is 0 Å². The molecule has 1 amide bonds. The van der Waals surface area contributed by atoms with E-state index in [1.807, 2.05) is 0 Å². The number of hydrogen-bond acceptors (Lipinski definition) is 6. The van der Waals surface area contributed by atoms with Crippen molar-refractivity contribution >= 4 is 5.91 Å². The predicted octanol–water partition coefficient (Wildman–Crippen LogP) is -1.13. The van der Waals surface area contributed by atoms with Gasteiger partial charge in [0.25, 0.3) is 5.91 Å². The minimum atomic E-state index is -1.18. The number of fused-ring (bicyclic) bond motifs is 1. The molecule has 0 spiro atoms. The Morgan fingerprint density at radius 3 is 2.71 bits per heavy atom. The van der Waals surface area contributed by atoms with Crippen molar-refractivity contribution in [1.29, 1.82) is 0 Å². The normalized spacial score (nSPS) is 33.9. The molecule has 1 aliphatic carbocycles. The molecule has 0 aromatic heterocycles. The highest BCUT2D eigenvalue weighted by atomic mass is 16.6. The summed E-state index contributed by atoms with van der Waals surface area (Å²) in [7, 11) is 0. The Morgan fingerprint density at radius 2 is 2.05 bits per heavy atom. The molecule has 21 heavy (non-hydrogen) atoms. The number of phenolic OH excluding ortho intramolecular Hbond substituents is 1. The van der Waals surface area contributed by atoms with Crippen LogP contribution in [0.15, 0.2) is 36.0 Å². The maximum absolute atomic E-state index is 12.1. The number of para-hydroxylation sites is 1. The minimum Gasteiger partial charge on any atom is -0.507 e. The highest BCUT2D eigenvalue weighted by Gasteiger charge is 2.66. The second-order valence-corrected chi connectivity index (χ2v) is 5.13. The molecule has 1 saturated heterocycles. The molecule has 0 unspecified atom stereocenters. The van der Waals surface area contributed by atoms with E-state index in [2.05, 4.69) is 5.32 Å². The molecular formula is C14H15NO6. The Labute approximate surface area is 120 Å². The molecule has 1 fully saturated rings. The highest BCUT2D eigenvalue weighted by Crippen LogP contribution is 2.46. The zero-order chi connectivity index (χ0) is 15.2. The third-order valence-electron chi connectivity index (χ3n) is 3.87. The topological polar surface area (TPSA) is 123 Å². The summed E-state index contributed by atoms with van der Waals surface area (Å²) in [6.07, 6.45) is -1.81. The summed E-state index contributed by atoms with van der Waals surface area (Å²) in [4.78, 5) is 12.1. The molecule has 0 saturated carbocycles. The molecule has 1 aliphatic heterocycles. The SMILES string of the molecule is O=C(NC1=C[C@@H](O)[C@]2(CO)O[C@@H]2[C@H]1O)c1ccccc1O. The van der Waals surface area contributed by atoms with Crippen molar-refractivity contribution in [1.82, 2.24) is 5.32 Å². The number of carbonyl (C=O) groups is 1. The summed E-state index contributed by atoms with van der Waals surface area (Å²) >= 11 is 0. The van der Waals surface area contributed by atoms with Crippen molar-refractivity contribution in [3.05, 3.63) is 41.6 Å². The quantitative estimate of drug-likeness (QED) is 0.450. The Hall–Kier alpha value is -1.93. The van der Waals surface area contributed by atoms with Crippen LogP contribution in [0, 0.1) is 0 Å². The van der Waals surface area contributed by atoms with Gasteiger partial charge in [-0.1, -0.05) is 12.1 Å². The first kappa shape index (κ1) is 14.0. The average molecular weight is 293 g/mol. The summed E-state index contributed by atoms with van der Waals surface area (Å²) in [5, 5.41) is 41.3. The van der Waals surface area contributed by atoms with Crippen LogP contribution in [-0.4, -0.2) is 56.9 Å². The van der Waals surface area contributed by atoms with Crippen LogP contribution in [0.5, 0.6) is 5.75 Å². The molecule has 1 aromatic rings. The maximum atomic E-state index is 12.1. The molecule has 7 heteroatoms. The first-order chi connectivity index (χ1) is 9.99. The van der Waals surface area contributed by atoms with Crippen molar-refractivity contribution in [2.75, 3.05) is 6.61 Å². The first-order valence-corrected chi connectivity index (χ1v) is 6.45. The summed E-state index contributed by atoms with van der Waals surface area (Å²) in [5.41, 5.74) is -1.04. The molecule has 1 aromatic carbocycles. The van der Waals surface area contributed by atoms with Gasteiger partial charge in [-0.15, -0.1) is 0 Å². The smallest absolute Gasteiger partial charge is 0.259 e. The Morgan fingerprint density at radius 1 is 1.33 bits per heavy atom. The predicted molar refractivity (Wildman–Crippen MR) is 70.4 cm³/mol. The first-order valence-electron chi connectivity index (χ1n) is 6.45. The number of rotatable bonds is 3. The number of amides is 1. The largest absolute Gasteiger partial charge is 0.507 e. The number of phenols is 1. The second-order valence-electron chi connectivity index (χ2n) is 5.13. The third kappa shape index (κ3) is 2.11. The van der Waals surface area contributed by atoms with Gasteiger partial charge in [0.05, 0.1) is 12.2 Å². The van der Waals surface area contributed by atoms with Crippen LogP contribution in [0.3, 0.4) is 0 Å². The van der Waals surface area contributed by atoms with Crippen molar-refractivity contribution in [2.45, 2.75) is 23.9 Å². The molecule has 2 aliphatic rings. The molecule has 112 valence electrons. The van der Waals surface area contributed by atoms with Crippen molar-refractivity contribution in [3.8, 4) is 5.75 Å². The lowest BCUT2D eigenvalue weighted by Gasteiger charge is -2.25. The number of carbonyl (C=O) groups excluding carboxylic acids is 1. The third-order valence-corrected chi connectivity index (χ3v) is 3.87. The fourth-order valence-electron chi connectivity index (χ4n) is 2.55. The van der Waals surface area contributed by atoms with Gasteiger partial charge in [0.2, 0.25) is 0 Å². The van der Waals surface area contributed by atoms with Gasteiger partial charge >= 0.3 is 0 Å². The Bertz CT molecular complexity index is 615. The minimum absolute atomic E-state index is 0.0517. The number of aromatic hydroxyl groups is 1. The van der Waals surface area contributed by atoms with Crippen LogP contribution in [0.1, 0.15) is 10.4 Å². The van der Waals surface area contributed by atoms with E-state index in [0.717, 1.165) is 0 Å². The van der Waals surface area contributed by atoms with E-state index in [1.165, 1.54) is 18.2 Å². The van der Waals surface area contributed by atoms with E-state index in [9.17, 15) is 25.2 Å². The van der Waals surface area contributed by atoms with Gasteiger partial charge in [-0.05, 0) is 18.2 Å². The van der Waals surface area contributed by atoms with E-state index >= 15 is 0 Å². The van der Waals surface area contributed by atoms with E-state index in [-0.39, 0.29) is 17.0 Å². The molecule has 5 N–H and O–H groups in total. The number of hydrogen-bond donors (Lipinski definition) is 5. The molecule has 4 atom stereocenters. The lowest BCUT2D eigenvalue weighted by atomic mass is 9.88. The lowest BCUT2D eigenvalue weighted by Crippen LogP contribution is -2.46. The van der Waals surface area contributed by atoms with Gasteiger partial charge in [0.1, 0.15) is 24.1 Å². The number of aliphatic hydroxyl groups excluding tert-OH is 3. The molecule has 7 nitrogen and oxygen atoms in total. The summed E-state index contributed by atoms with van der Waals surface area (Å²) in [5.74, 6) is -0.795.